The van der Waals surface area contributed by atoms with Crippen molar-refractivity contribution in [3.8, 4) is 0 Å². The van der Waals surface area contributed by atoms with Crippen LogP contribution in [0.25, 0.3) is 0 Å². The molecular formula is C19H25F3N2O2. The van der Waals surface area contributed by atoms with Gasteiger partial charge in [0.15, 0.2) is 0 Å². The lowest BCUT2D eigenvalue weighted by Crippen LogP contribution is -2.55. The molecule has 2 aliphatic rings. The molecule has 1 saturated heterocycles. The minimum absolute atomic E-state index is 0.0294. The van der Waals surface area contributed by atoms with Crippen molar-refractivity contribution in [1.82, 2.24) is 9.80 Å². The molecule has 2 fully saturated rings. The van der Waals surface area contributed by atoms with Gasteiger partial charge >= 0.3 is 6.18 Å². The lowest BCUT2D eigenvalue weighted by Gasteiger charge is -2.41. The van der Waals surface area contributed by atoms with E-state index in [0.717, 1.165) is 31.1 Å². The third-order valence-electron chi connectivity index (χ3n) is 5.22. The minimum atomic E-state index is -4.40. The predicted molar refractivity (Wildman–Crippen MR) is 91.5 cm³/mol. The van der Waals surface area contributed by atoms with Crippen molar-refractivity contribution in [3.63, 3.8) is 0 Å². The Kier molecular flexibility index (Phi) is 5.87. The van der Waals surface area contributed by atoms with Crippen molar-refractivity contribution in [2.45, 2.75) is 37.9 Å². The lowest BCUT2D eigenvalue weighted by atomic mass is 10.0. The van der Waals surface area contributed by atoms with Crippen molar-refractivity contribution in [1.29, 1.82) is 0 Å². The second-order valence-corrected chi connectivity index (χ2v) is 7.32. The third-order valence-corrected chi connectivity index (χ3v) is 5.22. The molecule has 1 aromatic rings. The van der Waals surface area contributed by atoms with Gasteiger partial charge in [-0.1, -0.05) is 18.2 Å². The van der Waals surface area contributed by atoms with Gasteiger partial charge in [-0.2, -0.15) is 13.2 Å². The fraction of sp³-hybridized carbons (Fsp3) is 0.632. The first-order valence-corrected chi connectivity index (χ1v) is 9.15. The van der Waals surface area contributed by atoms with Gasteiger partial charge in [0.05, 0.1) is 12.0 Å². The summed E-state index contributed by atoms with van der Waals surface area (Å²) in [6.45, 7) is 2.97. The molecule has 0 unspecified atom stereocenters. The molecule has 1 aromatic carbocycles. The zero-order chi connectivity index (χ0) is 18.7. The first kappa shape index (κ1) is 19.2. The van der Waals surface area contributed by atoms with E-state index in [9.17, 15) is 23.1 Å². The molecule has 1 N–H and O–H groups in total. The highest BCUT2D eigenvalue weighted by Crippen LogP contribution is 2.32. The molecule has 1 saturated carbocycles. The van der Waals surface area contributed by atoms with Crippen molar-refractivity contribution < 1.29 is 23.1 Å². The number of carbonyl (C=O) groups is 1. The van der Waals surface area contributed by atoms with Crippen molar-refractivity contribution in [2.24, 2.45) is 5.92 Å². The maximum Gasteiger partial charge on any atom is 0.416 e. The number of hydrogen-bond donors (Lipinski definition) is 1. The van der Waals surface area contributed by atoms with E-state index in [4.69, 9.17) is 0 Å². The molecule has 1 atom stereocenters. The van der Waals surface area contributed by atoms with Crippen LogP contribution >= 0.6 is 0 Å². The molecular weight excluding hydrogens is 345 g/mol. The minimum Gasteiger partial charge on any atom is -0.396 e. The van der Waals surface area contributed by atoms with Gasteiger partial charge in [-0.05, 0) is 36.8 Å². The number of rotatable bonds is 6. The smallest absolute Gasteiger partial charge is 0.396 e. The van der Waals surface area contributed by atoms with Crippen LogP contribution < -0.4 is 0 Å². The maximum atomic E-state index is 12.8. The number of nitrogens with zero attached hydrogens (tertiary/aromatic N) is 2. The van der Waals surface area contributed by atoms with Crippen molar-refractivity contribution in [3.05, 3.63) is 35.4 Å². The topological polar surface area (TPSA) is 43.8 Å². The van der Waals surface area contributed by atoms with Gasteiger partial charge in [0, 0.05) is 38.8 Å². The molecule has 1 aliphatic heterocycles. The monoisotopic (exact) mass is 370 g/mol. The van der Waals surface area contributed by atoms with Gasteiger partial charge < -0.3 is 10.0 Å². The second kappa shape index (κ2) is 7.96. The Morgan fingerprint density at radius 2 is 2.00 bits per heavy atom. The van der Waals surface area contributed by atoms with Gasteiger partial charge in [-0.3, -0.25) is 9.69 Å². The van der Waals surface area contributed by atoms with Crippen LogP contribution in [0.3, 0.4) is 0 Å². The predicted octanol–water partition coefficient (Wildman–Crippen LogP) is 2.55. The van der Waals surface area contributed by atoms with E-state index in [1.54, 1.807) is 11.0 Å². The van der Waals surface area contributed by atoms with Crippen LogP contribution in [0.2, 0.25) is 0 Å². The Morgan fingerprint density at radius 3 is 2.65 bits per heavy atom. The van der Waals surface area contributed by atoms with Crippen LogP contribution in [-0.4, -0.2) is 59.6 Å². The Hall–Kier alpha value is -1.60. The summed E-state index contributed by atoms with van der Waals surface area (Å²) in [5.41, 5.74) is -0.348. The van der Waals surface area contributed by atoms with Crippen molar-refractivity contribution in [2.75, 3.05) is 32.8 Å². The Balaban J connectivity index is 1.61. The van der Waals surface area contributed by atoms with E-state index in [1.165, 1.54) is 18.9 Å². The van der Waals surface area contributed by atoms with Gasteiger partial charge in [0.25, 0.3) is 0 Å². The Morgan fingerprint density at radius 1 is 1.23 bits per heavy atom. The normalized spacial score (nSPS) is 21.8. The number of carbonyl (C=O) groups excluding carboxylic acids is 1. The van der Waals surface area contributed by atoms with E-state index >= 15 is 0 Å². The second-order valence-electron chi connectivity index (χ2n) is 7.32. The SMILES string of the molecule is O=C(Cc1cccc(C(F)(F)F)c1)N1CCN(CC2CC2)[C@H](CCO)C1. The molecule has 144 valence electrons. The Labute approximate surface area is 151 Å². The lowest BCUT2D eigenvalue weighted by molar-refractivity contribution is -0.138. The van der Waals surface area contributed by atoms with Crippen LogP contribution in [0.5, 0.6) is 0 Å². The van der Waals surface area contributed by atoms with Crippen LogP contribution in [-0.2, 0) is 17.4 Å². The quantitative estimate of drug-likeness (QED) is 0.837. The molecule has 1 amide bonds. The molecule has 1 aliphatic carbocycles. The average Bonchev–Trinajstić information content (AvgIpc) is 3.40. The average molecular weight is 370 g/mol. The summed E-state index contributed by atoms with van der Waals surface area (Å²) >= 11 is 0. The molecule has 1 heterocycles. The summed E-state index contributed by atoms with van der Waals surface area (Å²) < 4.78 is 38.5. The maximum absolute atomic E-state index is 12.8. The number of hydrogen-bond acceptors (Lipinski definition) is 3. The summed E-state index contributed by atoms with van der Waals surface area (Å²) in [4.78, 5) is 16.7. The Bertz CT molecular complexity index is 631. The van der Waals surface area contributed by atoms with Gasteiger partial charge in [-0.15, -0.1) is 0 Å². The highest BCUT2D eigenvalue weighted by Gasteiger charge is 2.34. The number of aliphatic hydroxyl groups excluding tert-OH is 1. The number of aliphatic hydroxyl groups is 1. The standard InChI is InChI=1S/C19H25F3N2O2/c20-19(21,22)16-3-1-2-15(10-16)11-18(26)24-8-7-23(12-14-4-5-14)17(13-24)6-9-25/h1-3,10,14,17,25H,4-9,11-13H2/t17-/m1/s1. The fourth-order valence-corrected chi connectivity index (χ4v) is 3.56. The van der Waals surface area contributed by atoms with Crippen molar-refractivity contribution >= 4 is 5.91 Å². The third kappa shape index (κ3) is 4.98. The zero-order valence-electron chi connectivity index (χ0n) is 14.7. The molecule has 7 heteroatoms. The fourth-order valence-electron chi connectivity index (χ4n) is 3.56. The van der Waals surface area contributed by atoms with E-state index in [2.05, 4.69) is 4.90 Å². The van der Waals surface area contributed by atoms with E-state index in [-0.39, 0.29) is 25.0 Å². The first-order chi connectivity index (χ1) is 12.4. The van der Waals surface area contributed by atoms with Crippen LogP contribution in [0, 0.1) is 5.92 Å². The molecule has 0 aromatic heterocycles. The number of amides is 1. The van der Waals surface area contributed by atoms with E-state index in [0.29, 0.717) is 25.1 Å². The zero-order valence-corrected chi connectivity index (χ0v) is 14.7. The van der Waals surface area contributed by atoms with Crippen LogP contribution in [0.4, 0.5) is 13.2 Å². The van der Waals surface area contributed by atoms with Gasteiger partial charge in [-0.25, -0.2) is 0 Å². The van der Waals surface area contributed by atoms with Crippen LogP contribution in [0.1, 0.15) is 30.4 Å². The number of alkyl halides is 3. The summed E-state index contributed by atoms with van der Waals surface area (Å²) in [7, 11) is 0. The van der Waals surface area contributed by atoms with Gasteiger partial charge in [0.1, 0.15) is 0 Å². The number of benzene rings is 1. The highest BCUT2D eigenvalue weighted by atomic mass is 19.4. The largest absolute Gasteiger partial charge is 0.416 e. The molecule has 3 rings (SSSR count). The number of piperazine rings is 1. The summed E-state index contributed by atoms with van der Waals surface area (Å²) in [5, 5.41) is 9.32. The van der Waals surface area contributed by atoms with E-state index in [1.807, 2.05) is 0 Å². The summed E-state index contributed by atoms with van der Waals surface area (Å²) in [5.74, 6) is 0.585. The molecule has 4 nitrogen and oxygen atoms in total. The molecule has 26 heavy (non-hydrogen) atoms. The first-order valence-electron chi connectivity index (χ1n) is 9.15. The van der Waals surface area contributed by atoms with E-state index < -0.39 is 11.7 Å². The van der Waals surface area contributed by atoms with Crippen LogP contribution in [0.15, 0.2) is 24.3 Å². The molecule has 0 bridgehead atoms. The summed E-state index contributed by atoms with van der Waals surface area (Å²) in [6.07, 6.45) is -1.32. The highest BCUT2D eigenvalue weighted by molar-refractivity contribution is 5.79. The molecule has 0 spiro atoms. The van der Waals surface area contributed by atoms with Gasteiger partial charge in [0.2, 0.25) is 5.91 Å². The number of halogens is 3. The molecule has 0 radical (unpaired) electrons. The summed E-state index contributed by atoms with van der Waals surface area (Å²) in [6, 6.07) is 5.09.